The Morgan fingerprint density at radius 1 is 1.26 bits per heavy atom. The molecule has 4 atom stereocenters. The van der Waals surface area contributed by atoms with Crippen LogP contribution in [0, 0.1) is 5.92 Å². The van der Waals surface area contributed by atoms with Crippen molar-refractivity contribution < 1.29 is 24.3 Å². The number of unbranched alkanes of at least 4 members (excludes halogenated alkanes) is 1. The van der Waals surface area contributed by atoms with E-state index >= 15 is 0 Å². The van der Waals surface area contributed by atoms with Crippen molar-refractivity contribution >= 4 is 23.7 Å². The number of aliphatic carboxylic acids is 1. The minimum Gasteiger partial charge on any atom is -0.480 e. The highest BCUT2D eigenvalue weighted by atomic mass is 16.4. The summed E-state index contributed by atoms with van der Waals surface area (Å²) >= 11 is 0. The van der Waals surface area contributed by atoms with Gasteiger partial charge in [-0.05, 0) is 38.1 Å². The van der Waals surface area contributed by atoms with E-state index in [9.17, 15) is 24.3 Å². The molecule has 1 aromatic heterocycles. The minimum atomic E-state index is -1.20. The molecule has 4 unspecified atom stereocenters. The number of aromatic amines is 1. The number of nitrogens with two attached hydrogens (primary N) is 2. The Hall–Kier alpha value is -2.99. The minimum absolute atomic E-state index is 0.0206. The number of nitrogens with one attached hydrogen (secondary N) is 3. The van der Waals surface area contributed by atoms with Gasteiger partial charge in [0.1, 0.15) is 18.1 Å². The number of nitrogens with zero attached hydrogens (tertiary/aromatic N) is 2. The predicted octanol–water partition coefficient (Wildman–Crippen LogP) is -0.890. The van der Waals surface area contributed by atoms with Gasteiger partial charge in [-0.15, -0.1) is 0 Å². The summed E-state index contributed by atoms with van der Waals surface area (Å²) in [7, 11) is 0. The summed E-state index contributed by atoms with van der Waals surface area (Å²) in [6.45, 7) is 4.45. The number of carbonyl (C=O) groups is 4. The van der Waals surface area contributed by atoms with E-state index in [1.165, 1.54) is 17.4 Å². The molecule has 2 heterocycles. The first-order chi connectivity index (χ1) is 16.1. The molecule has 0 spiro atoms. The van der Waals surface area contributed by atoms with E-state index in [2.05, 4.69) is 20.6 Å². The number of likely N-dealkylation sites (tertiary alicyclic amines) is 1. The second-order valence-electron chi connectivity index (χ2n) is 8.99. The van der Waals surface area contributed by atoms with Crippen LogP contribution >= 0.6 is 0 Å². The zero-order chi connectivity index (χ0) is 25.3. The van der Waals surface area contributed by atoms with E-state index in [4.69, 9.17) is 11.5 Å². The van der Waals surface area contributed by atoms with E-state index in [-0.39, 0.29) is 18.2 Å². The van der Waals surface area contributed by atoms with Gasteiger partial charge in [-0.3, -0.25) is 14.4 Å². The standard InChI is InChI=1S/C22H37N7O5/c1-13(2)18(20(31)27-16(22(33)34)10-14-11-25-12-26-14)28-19(30)17-7-5-9-29(17)21(32)15(24)6-3-4-8-23/h11-13,15-18H,3-10,23-24H2,1-2H3,(H,25,26)(H,27,31)(H,28,30)(H,33,34). The largest absolute Gasteiger partial charge is 0.480 e. The van der Waals surface area contributed by atoms with Crippen molar-refractivity contribution in [2.24, 2.45) is 17.4 Å². The molecule has 12 nitrogen and oxygen atoms in total. The predicted molar refractivity (Wildman–Crippen MR) is 124 cm³/mol. The van der Waals surface area contributed by atoms with Crippen molar-refractivity contribution in [1.29, 1.82) is 0 Å². The van der Waals surface area contributed by atoms with Crippen LogP contribution in [0.3, 0.4) is 0 Å². The van der Waals surface area contributed by atoms with Gasteiger partial charge in [0.25, 0.3) is 0 Å². The molecule has 1 aromatic rings. The molecule has 1 aliphatic rings. The number of hydrogen-bond donors (Lipinski definition) is 6. The van der Waals surface area contributed by atoms with Gasteiger partial charge < -0.3 is 37.1 Å². The molecule has 1 fully saturated rings. The summed E-state index contributed by atoms with van der Waals surface area (Å²) in [4.78, 5) is 58.6. The second-order valence-corrected chi connectivity index (χ2v) is 8.99. The molecular weight excluding hydrogens is 442 g/mol. The average molecular weight is 480 g/mol. The Bertz CT molecular complexity index is 830. The van der Waals surface area contributed by atoms with Crippen molar-refractivity contribution in [3.8, 4) is 0 Å². The normalized spacial score (nSPS) is 18.4. The quantitative estimate of drug-likeness (QED) is 0.196. The van der Waals surface area contributed by atoms with Gasteiger partial charge in [-0.1, -0.05) is 20.3 Å². The van der Waals surface area contributed by atoms with Crippen LogP contribution in [0.15, 0.2) is 12.5 Å². The number of imidazole rings is 1. The summed E-state index contributed by atoms with van der Waals surface area (Å²) < 4.78 is 0. The lowest BCUT2D eigenvalue weighted by molar-refractivity contribution is -0.143. The van der Waals surface area contributed by atoms with Crippen LogP contribution in [0.1, 0.15) is 51.6 Å². The van der Waals surface area contributed by atoms with Crippen LogP contribution in [0.4, 0.5) is 0 Å². The van der Waals surface area contributed by atoms with Crippen LogP contribution in [0.2, 0.25) is 0 Å². The van der Waals surface area contributed by atoms with E-state index in [0.29, 0.717) is 38.0 Å². The number of amides is 3. The number of carboxylic acids is 1. The first-order valence-electron chi connectivity index (χ1n) is 11.7. The molecular formula is C22H37N7O5. The molecule has 0 aromatic carbocycles. The van der Waals surface area contributed by atoms with Crippen LogP contribution in [0.25, 0.3) is 0 Å². The molecule has 12 heteroatoms. The second kappa shape index (κ2) is 13.0. The molecule has 190 valence electrons. The van der Waals surface area contributed by atoms with Crippen LogP contribution in [0.5, 0.6) is 0 Å². The monoisotopic (exact) mass is 479 g/mol. The zero-order valence-corrected chi connectivity index (χ0v) is 19.8. The van der Waals surface area contributed by atoms with Gasteiger partial charge in [0.2, 0.25) is 17.7 Å². The van der Waals surface area contributed by atoms with Gasteiger partial charge >= 0.3 is 5.97 Å². The lowest BCUT2D eigenvalue weighted by Gasteiger charge is -2.29. The lowest BCUT2D eigenvalue weighted by atomic mass is 10.0. The molecule has 1 saturated heterocycles. The van der Waals surface area contributed by atoms with Crippen molar-refractivity contribution in [3.05, 3.63) is 18.2 Å². The molecule has 0 bridgehead atoms. The first-order valence-corrected chi connectivity index (χ1v) is 11.7. The molecule has 0 radical (unpaired) electrons. The topological polar surface area (TPSA) is 197 Å². The van der Waals surface area contributed by atoms with Crippen molar-refractivity contribution in [2.45, 2.75) is 76.5 Å². The highest BCUT2D eigenvalue weighted by molar-refractivity contribution is 5.94. The fraction of sp³-hybridized carbons (Fsp3) is 0.682. The first kappa shape index (κ1) is 27.3. The van der Waals surface area contributed by atoms with Crippen molar-refractivity contribution in [3.63, 3.8) is 0 Å². The van der Waals surface area contributed by atoms with E-state index in [0.717, 1.165) is 12.8 Å². The number of carboxylic acid groups (broad SMARTS) is 1. The Labute approximate surface area is 199 Å². The van der Waals surface area contributed by atoms with E-state index < -0.39 is 42.0 Å². The molecule has 1 aliphatic heterocycles. The molecule has 0 aliphatic carbocycles. The van der Waals surface area contributed by atoms with E-state index in [1.807, 2.05) is 0 Å². The zero-order valence-electron chi connectivity index (χ0n) is 19.8. The summed E-state index contributed by atoms with van der Waals surface area (Å²) in [5.74, 6) is -2.85. The van der Waals surface area contributed by atoms with Gasteiger partial charge in [0.05, 0.1) is 12.4 Å². The SMILES string of the molecule is CC(C)C(NC(=O)C1CCCN1C(=O)C(N)CCCCN)C(=O)NC(Cc1cnc[nH]1)C(=O)O. The Balaban J connectivity index is 2.02. The molecule has 3 amide bonds. The molecule has 0 saturated carbocycles. The smallest absolute Gasteiger partial charge is 0.326 e. The maximum absolute atomic E-state index is 13.1. The van der Waals surface area contributed by atoms with Crippen LogP contribution < -0.4 is 22.1 Å². The maximum Gasteiger partial charge on any atom is 0.326 e. The number of rotatable bonds is 13. The fourth-order valence-corrected chi connectivity index (χ4v) is 4.01. The third-order valence-corrected chi connectivity index (χ3v) is 5.97. The van der Waals surface area contributed by atoms with Crippen LogP contribution in [-0.4, -0.2) is 80.9 Å². The molecule has 2 rings (SSSR count). The Morgan fingerprint density at radius 2 is 2.00 bits per heavy atom. The lowest BCUT2D eigenvalue weighted by Crippen LogP contribution is -2.58. The Morgan fingerprint density at radius 3 is 2.59 bits per heavy atom. The number of H-pyrrole nitrogens is 1. The van der Waals surface area contributed by atoms with Crippen molar-refractivity contribution in [2.75, 3.05) is 13.1 Å². The van der Waals surface area contributed by atoms with Gasteiger partial charge in [0.15, 0.2) is 0 Å². The summed E-state index contributed by atoms with van der Waals surface area (Å²) in [5, 5.41) is 14.7. The van der Waals surface area contributed by atoms with Crippen LogP contribution in [-0.2, 0) is 25.6 Å². The van der Waals surface area contributed by atoms with Gasteiger partial charge in [-0.2, -0.15) is 0 Å². The van der Waals surface area contributed by atoms with Crippen molar-refractivity contribution in [1.82, 2.24) is 25.5 Å². The Kier molecular flexibility index (Phi) is 10.5. The highest BCUT2D eigenvalue weighted by Crippen LogP contribution is 2.20. The summed E-state index contributed by atoms with van der Waals surface area (Å²) in [6.07, 6.45) is 6.04. The molecule has 8 N–H and O–H groups in total. The average Bonchev–Trinajstić information content (AvgIpc) is 3.48. The fourth-order valence-electron chi connectivity index (χ4n) is 4.01. The molecule has 34 heavy (non-hydrogen) atoms. The third kappa shape index (κ3) is 7.52. The van der Waals surface area contributed by atoms with Gasteiger partial charge in [-0.25, -0.2) is 9.78 Å². The maximum atomic E-state index is 13.1. The summed E-state index contributed by atoms with van der Waals surface area (Å²) in [5.41, 5.74) is 12.1. The van der Waals surface area contributed by atoms with Gasteiger partial charge in [0, 0.05) is 24.9 Å². The summed E-state index contributed by atoms with van der Waals surface area (Å²) in [6, 6.07) is -3.58. The number of aromatic nitrogens is 2. The van der Waals surface area contributed by atoms with E-state index in [1.54, 1.807) is 13.8 Å². The number of hydrogen-bond acceptors (Lipinski definition) is 7. The third-order valence-electron chi connectivity index (χ3n) is 5.97. The number of carbonyl (C=O) groups excluding carboxylic acids is 3. The highest BCUT2D eigenvalue weighted by Gasteiger charge is 2.38.